The minimum Gasteiger partial charge on any atom is -0.350 e. The summed E-state index contributed by atoms with van der Waals surface area (Å²) in [6.07, 6.45) is 1.73. The third-order valence-corrected chi connectivity index (χ3v) is 4.61. The molecule has 2 rings (SSSR count). The maximum atomic E-state index is 12.7. The summed E-state index contributed by atoms with van der Waals surface area (Å²) in [7, 11) is 0. The van der Waals surface area contributed by atoms with Gasteiger partial charge in [-0.15, -0.1) is 0 Å². The molecule has 0 aliphatic rings. The number of amides is 2. The van der Waals surface area contributed by atoms with Crippen LogP contribution in [0.25, 0.3) is 11.1 Å². The predicted molar refractivity (Wildman–Crippen MR) is 106 cm³/mol. The van der Waals surface area contributed by atoms with Crippen LogP contribution in [0.1, 0.15) is 61.3 Å². The molecule has 0 radical (unpaired) electrons. The number of hydrogen-bond acceptors (Lipinski definition) is 2. The van der Waals surface area contributed by atoms with Gasteiger partial charge in [-0.2, -0.15) is 0 Å². The molecule has 4 nitrogen and oxygen atoms in total. The zero-order valence-electron chi connectivity index (χ0n) is 16.0. The van der Waals surface area contributed by atoms with Gasteiger partial charge >= 0.3 is 0 Å². The van der Waals surface area contributed by atoms with Crippen molar-refractivity contribution in [3.05, 3.63) is 59.7 Å². The smallest absolute Gasteiger partial charge is 0.252 e. The molecule has 138 valence electrons. The molecule has 2 amide bonds. The maximum Gasteiger partial charge on any atom is 0.252 e. The van der Waals surface area contributed by atoms with E-state index in [1.807, 2.05) is 64.1 Å². The van der Waals surface area contributed by atoms with Crippen molar-refractivity contribution < 1.29 is 9.59 Å². The molecule has 0 aromatic heterocycles. The van der Waals surface area contributed by atoms with Gasteiger partial charge in [-0.05, 0) is 49.9 Å². The van der Waals surface area contributed by atoms with Crippen LogP contribution >= 0.6 is 0 Å². The summed E-state index contributed by atoms with van der Waals surface area (Å²) in [6, 6.07) is 15.0. The number of benzene rings is 2. The topological polar surface area (TPSA) is 58.2 Å². The largest absolute Gasteiger partial charge is 0.350 e. The predicted octanol–water partition coefficient (Wildman–Crippen LogP) is 4.41. The van der Waals surface area contributed by atoms with Crippen LogP contribution in [0.3, 0.4) is 0 Å². The fraction of sp³-hybridized carbons (Fsp3) is 0.364. The lowest BCUT2D eigenvalue weighted by Gasteiger charge is -2.17. The van der Waals surface area contributed by atoms with Gasteiger partial charge in [-0.25, -0.2) is 0 Å². The number of carbonyl (C=O) groups excluding carboxylic acids is 2. The molecule has 0 saturated carbocycles. The van der Waals surface area contributed by atoms with E-state index in [1.54, 1.807) is 12.1 Å². The summed E-state index contributed by atoms with van der Waals surface area (Å²) in [6.45, 7) is 8.03. The van der Waals surface area contributed by atoms with Crippen LogP contribution in [0.4, 0.5) is 0 Å². The fourth-order valence-corrected chi connectivity index (χ4v) is 2.64. The monoisotopic (exact) mass is 352 g/mol. The van der Waals surface area contributed by atoms with Crippen molar-refractivity contribution in [1.82, 2.24) is 10.6 Å². The molecule has 2 atom stereocenters. The fourth-order valence-electron chi connectivity index (χ4n) is 2.64. The van der Waals surface area contributed by atoms with Crippen molar-refractivity contribution in [1.29, 1.82) is 0 Å². The Morgan fingerprint density at radius 2 is 1.08 bits per heavy atom. The maximum absolute atomic E-state index is 12.7. The lowest BCUT2D eigenvalue weighted by Crippen LogP contribution is -2.33. The van der Waals surface area contributed by atoms with Gasteiger partial charge < -0.3 is 10.6 Å². The molecule has 2 N–H and O–H groups in total. The lowest BCUT2D eigenvalue weighted by molar-refractivity contribution is 0.0929. The Bertz CT molecular complexity index is 705. The molecular formula is C22H28N2O2. The first kappa shape index (κ1) is 19.7. The van der Waals surface area contributed by atoms with Crippen molar-refractivity contribution in [3.63, 3.8) is 0 Å². The Hall–Kier alpha value is -2.62. The van der Waals surface area contributed by atoms with E-state index in [0.29, 0.717) is 11.1 Å². The molecule has 0 aliphatic carbocycles. The van der Waals surface area contributed by atoms with Crippen molar-refractivity contribution in [2.75, 3.05) is 0 Å². The summed E-state index contributed by atoms with van der Waals surface area (Å²) in [5.74, 6) is -0.237. The third-order valence-electron chi connectivity index (χ3n) is 4.61. The second-order valence-corrected chi connectivity index (χ2v) is 6.66. The highest BCUT2D eigenvalue weighted by molar-refractivity contribution is 6.06. The molecule has 4 heteroatoms. The Balaban J connectivity index is 2.44. The second kappa shape index (κ2) is 9.18. The third kappa shape index (κ3) is 4.72. The van der Waals surface area contributed by atoms with Gasteiger partial charge in [-0.1, -0.05) is 50.2 Å². The first-order valence-corrected chi connectivity index (χ1v) is 9.28. The summed E-state index contributed by atoms with van der Waals surface area (Å²) in [4.78, 5) is 25.4. The molecule has 2 aromatic carbocycles. The van der Waals surface area contributed by atoms with Gasteiger partial charge in [0.05, 0.1) is 0 Å². The standard InChI is InChI=1S/C22H28N2O2/c1-5-15(3)23-21(25)19-13-9-7-11-17(19)18-12-8-10-14-20(18)22(26)24-16(4)6-2/h7-16H,5-6H2,1-4H3,(H,23,25)(H,24,26)/t15-,16-/m1/s1. The first-order chi connectivity index (χ1) is 12.5. The van der Waals surface area contributed by atoms with Crippen molar-refractivity contribution >= 4 is 11.8 Å². The molecule has 0 bridgehead atoms. The molecule has 0 spiro atoms. The zero-order chi connectivity index (χ0) is 19.1. The Kier molecular flexibility index (Phi) is 6.96. The van der Waals surface area contributed by atoms with E-state index in [4.69, 9.17) is 0 Å². The molecule has 0 unspecified atom stereocenters. The van der Waals surface area contributed by atoms with E-state index < -0.39 is 0 Å². The van der Waals surface area contributed by atoms with E-state index in [0.717, 1.165) is 24.0 Å². The van der Waals surface area contributed by atoms with E-state index in [-0.39, 0.29) is 23.9 Å². The molecule has 0 aliphatic heterocycles. The van der Waals surface area contributed by atoms with Gasteiger partial charge in [0.1, 0.15) is 0 Å². The minimum atomic E-state index is -0.118. The van der Waals surface area contributed by atoms with Gasteiger partial charge in [-0.3, -0.25) is 9.59 Å². The minimum absolute atomic E-state index is 0.0968. The van der Waals surface area contributed by atoms with Crippen molar-refractivity contribution in [2.24, 2.45) is 0 Å². The quantitative estimate of drug-likeness (QED) is 0.775. The summed E-state index contributed by atoms with van der Waals surface area (Å²) in [5.41, 5.74) is 2.69. The number of nitrogens with one attached hydrogen (secondary N) is 2. The molecule has 0 saturated heterocycles. The van der Waals surface area contributed by atoms with Crippen LogP contribution in [0.5, 0.6) is 0 Å². The highest BCUT2D eigenvalue weighted by Gasteiger charge is 2.19. The van der Waals surface area contributed by atoms with Gasteiger partial charge in [0.2, 0.25) is 0 Å². The van der Waals surface area contributed by atoms with Crippen molar-refractivity contribution in [2.45, 2.75) is 52.6 Å². The van der Waals surface area contributed by atoms with Crippen LogP contribution < -0.4 is 10.6 Å². The van der Waals surface area contributed by atoms with E-state index in [1.165, 1.54) is 0 Å². The second-order valence-electron chi connectivity index (χ2n) is 6.66. The van der Waals surface area contributed by atoms with Crippen LogP contribution in [0.15, 0.2) is 48.5 Å². The lowest BCUT2D eigenvalue weighted by atomic mass is 9.94. The first-order valence-electron chi connectivity index (χ1n) is 9.28. The van der Waals surface area contributed by atoms with Crippen LogP contribution in [0.2, 0.25) is 0 Å². The number of hydrogen-bond donors (Lipinski definition) is 2. The van der Waals surface area contributed by atoms with Gasteiger partial charge in [0.15, 0.2) is 0 Å². The van der Waals surface area contributed by atoms with Crippen LogP contribution in [0, 0.1) is 0 Å². The summed E-state index contributed by atoms with van der Waals surface area (Å²) < 4.78 is 0. The Morgan fingerprint density at radius 1 is 0.731 bits per heavy atom. The van der Waals surface area contributed by atoms with E-state index in [9.17, 15) is 9.59 Å². The van der Waals surface area contributed by atoms with Crippen LogP contribution in [-0.2, 0) is 0 Å². The summed E-state index contributed by atoms with van der Waals surface area (Å²) in [5, 5.41) is 6.01. The SMILES string of the molecule is CC[C@@H](C)NC(=O)c1ccccc1-c1ccccc1C(=O)N[C@H](C)CC. The zero-order valence-corrected chi connectivity index (χ0v) is 16.0. The average Bonchev–Trinajstić information content (AvgIpc) is 2.67. The number of rotatable bonds is 7. The highest BCUT2D eigenvalue weighted by atomic mass is 16.2. The average molecular weight is 352 g/mol. The molecule has 2 aromatic rings. The van der Waals surface area contributed by atoms with E-state index >= 15 is 0 Å². The Morgan fingerprint density at radius 3 is 1.42 bits per heavy atom. The Labute approximate surface area is 156 Å². The van der Waals surface area contributed by atoms with Crippen LogP contribution in [-0.4, -0.2) is 23.9 Å². The number of carbonyl (C=O) groups is 2. The summed E-state index contributed by atoms with van der Waals surface area (Å²) >= 11 is 0. The van der Waals surface area contributed by atoms with E-state index in [2.05, 4.69) is 10.6 Å². The molecule has 26 heavy (non-hydrogen) atoms. The van der Waals surface area contributed by atoms with Gasteiger partial charge in [0, 0.05) is 23.2 Å². The molecule has 0 heterocycles. The highest BCUT2D eigenvalue weighted by Crippen LogP contribution is 2.27. The normalized spacial score (nSPS) is 12.9. The van der Waals surface area contributed by atoms with Crippen molar-refractivity contribution in [3.8, 4) is 11.1 Å². The van der Waals surface area contributed by atoms with Gasteiger partial charge in [0.25, 0.3) is 11.8 Å². The molecule has 0 fully saturated rings. The molecular weight excluding hydrogens is 324 g/mol.